The quantitative estimate of drug-likeness (QED) is 0.658. The van der Waals surface area contributed by atoms with Gasteiger partial charge in [-0.25, -0.2) is 4.98 Å². The average Bonchev–Trinajstić information content (AvgIpc) is 3.57. The number of amides is 1. The molecule has 28 heavy (non-hydrogen) atoms. The third-order valence-electron chi connectivity index (χ3n) is 4.92. The van der Waals surface area contributed by atoms with Crippen LogP contribution in [0.4, 0.5) is 0 Å². The molecule has 2 aromatic heterocycles. The molecule has 0 bridgehead atoms. The third-order valence-corrected chi connectivity index (χ3v) is 4.92. The Morgan fingerprint density at radius 2 is 2.04 bits per heavy atom. The van der Waals surface area contributed by atoms with Gasteiger partial charge >= 0.3 is 0 Å². The largest absolute Gasteiger partial charge is 0.497 e. The lowest BCUT2D eigenvalue weighted by atomic mass is 10.1. The molecule has 4 rings (SSSR count). The Morgan fingerprint density at radius 3 is 2.75 bits per heavy atom. The van der Waals surface area contributed by atoms with Gasteiger partial charge in [-0.05, 0) is 43.2 Å². The van der Waals surface area contributed by atoms with Gasteiger partial charge in [-0.2, -0.15) is 0 Å². The van der Waals surface area contributed by atoms with E-state index < -0.39 is 0 Å². The summed E-state index contributed by atoms with van der Waals surface area (Å²) in [6.45, 7) is 0.334. The van der Waals surface area contributed by atoms with Gasteiger partial charge in [0.1, 0.15) is 22.7 Å². The lowest BCUT2D eigenvalue weighted by Crippen LogP contribution is -2.37. The normalized spacial score (nSPS) is 13.4. The van der Waals surface area contributed by atoms with E-state index >= 15 is 0 Å². The number of hydrogen-bond donors (Lipinski definition) is 0. The molecule has 7 heteroatoms. The van der Waals surface area contributed by atoms with Crippen LogP contribution in [0.15, 0.2) is 53.6 Å². The van der Waals surface area contributed by atoms with E-state index in [0.29, 0.717) is 23.7 Å². The van der Waals surface area contributed by atoms with E-state index in [1.165, 1.54) is 10.6 Å². The fourth-order valence-electron chi connectivity index (χ4n) is 3.27. The Labute approximate surface area is 162 Å². The van der Waals surface area contributed by atoms with Gasteiger partial charge in [0, 0.05) is 24.0 Å². The van der Waals surface area contributed by atoms with E-state index in [9.17, 15) is 9.59 Å². The van der Waals surface area contributed by atoms with Crippen LogP contribution in [0.5, 0.6) is 11.5 Å². The van der Waals surface area contributed by atoms with Crippen LogP contribution in [0.25, 0.3) is 5.65 Å². The number of benzene rings is 1. The summed E-state index contributed by atoms with van der Waals surface area (Å²) >= 11 is 0. The van der Waals surface area contributed by atoms with Gasteiger partial charge in [0.15, 0.2) is 0 Å². The Bertz CT molecular complexity index is 1090. The molecule has 0 spiro atoms. The van der Waals surface area contributed by atoms with Gasteiger partial charge in [0.2, 0.25) is 0 Å². The summed E-state index contributed by atoms with van der Waals surface area (Å²) in [6, 6.07) is 10.9. The van der Waals surface area contributed by atoms with E-state index in [1.807, 2.05) is 18.2 Å². The van der Waals surface area contributed by atoms with Crippen LogP contribution >= 0.6 is 0 Å². The van der Waals surface area contributed by atoms with Crippen molar-refractivity contribution in [2.24, 2.45) is 0 Å². The van der Waals surface area contributed by atoms with Crippen molar-refractivity contribution in [3.8, 4) is 11.5 Å². The predicted molar refractivity (Wildman–Crippen MR) is 104 cm³/mol. The van der Waals surface area contributed by atoms with Crippen molar-refractivity contribution < 1.29 is 14.3 Å². The Balaban J connectivity index is 1.71. The zero-order chi connectivity index (χ0) is 19.7. The first-order chi connectivity index (χ1) is 13.6. The van der Waals surface area contributed by atoms with Crippen molar-refractivity contribution in [3.63, 3.8) is 0 Å². The third kappa shape index (κ3) is 3.31. The summed E-state index contributed by atoms with van der Waals surface area (Å²) in [5.74, 6) is 1.04. The number of fused-ring (bicyclic) bond motifs is 1. The summed E-state index contributed by atoms with van der Waals surface area (Å²) < 4.78 is 12.1. The van der Waals surface area contributed by atoms with Gasteiger partial charge in [-0.15, -0.1) is 0 Å². The molecule has 1 fully saturated rings. The number of methoxy groups -OCH3 is 2. The van der Waals surface area contributed by atoms with Crippen LogP contribution in [0.1, 0.15) is 28.8 Å². The van der Waals surface area contributed by atoms with Gasteiger partial charge < -0.3 is 14.4 Å². The van der Waals surface area contributed by atoms with Gasteiger partial charge in [-0.1, -0.05) is 6.07 Å². The number of rotatable bonds is 6. The molecule has 1 aliphatic carbocycles. The van der Waals surface area contributed by atoms with Crippen LogP contribution in [-0.2, 0) is 6.54 Å². The van der Waals surface area contributed by atoms with E-state index in [0.717, 1.165) is 18.4 Å². The SMILES string of the molecule is COc1ccc(OC)c(CN(C(=O)c2cnc3ccccn3c2=O)C2CC2)c1. The highest BCUT2D eigenvalue weighted by molar-refractivity contribution is 5.94. The number of nitrogens with zero attached hydrogens (tertiary/aromatic N) is 3. The molecule has 0 unspecified atom stereocenters. The van der Waals surface area contributed by atoms with Gasteiger partial charge in [0.25, 0.3) is 11.5 Å². The smallest absolute Gasteiger partial charge is 0.270 e. The molecule has 2 heterocycles. The second-order valence-electron chi connectivity index (χ2n) is 6.75. The molecular weight excluding hydrogens is 358 g/mol. The number of aromatic nitrogens is 2. The molecule has 0 radical (unpaired) electrons. The minimum absolute atomic E-state index is 0.0671. The van der Waals surface area contributed by atoms with Gasteiger partial charge in [0.05, 0.1) is 20.8 Å². The standard InChI is InChI=1S/C21H21N3O4/c1-27-16-8-9-18(28-2)14(11-16)13-24(15-6-7-15)21(26)17-12-22-19-5-3-4-10-23(19)20(17)25/h3-5,8-12,15H,6-7,13H2,1-2H3. The first-order valence-corrected chi connectivity index (χ1v) is 9.10. The maximum absolute atomic E-state index is 13.2. The molecule has 1 amide bonds. The van der Waals surface area contributed by atoms with E-state index in [2.05, 4.69) is 4.98 Å². The lowest BCUT2D eigenvalue weighted by molar-refractivity contribution is 0.0726. The summed E-state index contributed by atoms with van der Waals surface area (Å²) in [6.07, 6.45) is 4.83. The summed E-state index contributed by atoms with van der Waals surface area (Å²) in [5, 5.41) is 0. The summed E-state index contributed by atoms with van der Waals surface area (Å²) in [4.78, 5) is 32.1. The Hall–Kier alpha value is -3.35. The zero-order valence-electron chi connectivity index (χ0n) is 15.8. The molecule has 0 saturated heterocycles. The number of hydrogen-bond acceptors (Lipinski definition) is 5. The van der Waals surface area contributed by atoms with E-state index in [1.54, 1.807) is 43.5 Å². The van der Waals surface area contributed by atoms with Gasteiger partial charge in [-0.3, -0.25) is 14.0 Å². The number of pyridine rings is 1. The summed E-state index contributed by atoms with van der Waals surface area (Å²) in [7, 11) is 3.19. The minimum Gasteiger partial charge on any atom is -0.497 e. The fraction of sp³-hybridized carbons (Fsp3) is 0.286. The number of ether oxygens (including phenoxy) is 2. The first-order valence-electron chi connectivity index (χ1n) is 9.10. The zero-order valence-corrected chi connectivity index (χ0v) is 15.8. The average molecular weight is 379 g/mol. The minimum atomic E-state index is -0.362. The summed E-state index contributed by atoms with van der Waals surface area (Å²) in [5.41, 5.74) is 1.05. The van der Waals surface area contributed by atoms with Crippen molar-refractivity contribution in [1.82, 2.24) is 14.3 Å². The molecule has 0 atom stereocenters. The second-order valence-corrected chi connectivity index (χ2v) is 6.75. The molecule has 0 aliphatic heterocycles. The Kier molecular flexibility index (Phi) is 4.73. The second kappa shape index (κ2) is 7.34. The Morgan fingerprint density at radius 1 is 1.21 bits per heavy atom. The lowest BCUT2D eigenvalue weighted by Gasteiger charge is -2.23. The molecule has 7 nitrogen and oxygen atoms in total. The van der Waals surface area contributed by atoms with Crippen LogP contribution in [0.3, 0.4) is 0 Å². The highest BCUT2D eigenvalue weighted by Crippen LogP contribution is 2.32. The molecule has 0 N–H and O–H groups in total. The van der Waals surface area contributed by atoms with Crippen LogP contribution in [0.2, 0.25) is 0 Å². The van der Waals surface area contributed by atoms with Crippen LogP contribution < -0.4 is 15.0 Å². The molecular formula is C21H21N3O4. The molecule has 1 aliphatic rings. The number of carbonyl (C=O) groups excluding carboxylic acids is 1. The van der Waals surface area contributed by atoms with Crippen molar-refractivity contribution in [3.05, 3.63) is 70.3 Å². The molecule has 144 valence electrons. The van der Waals surface area contributed by atoms with Crippen molar-refractivity contribution in [2.75, 3.05) is 14.2 Å². The highest BCUT2D eigenvalue weighted by atomic mass is 16.5. The van der Waals surface area contributed by atoms with E-state index in [-0.39, 0.29) is 23.1 Å². The fourth-order valence-corrected chi connectivity index (χ4v) is 3.27. The maximum atomic E-state index is 13.2. The highest BCUT2D eigenvalue weighted by Gasteiger charge is 2.35. The topological polar surface area (TPSA) is 73.1 Å². The van der Waals surface area contributed by atoms with Crippen molar-refractivity contribution >= 4 is 11.6 Å². The predicted octanol–water partition coefficient (Wildman–Crippen LogP) is 2.52. The number of carbonyl (C=O) groups is 1. The monoisotopic (exact) mass is 379 g/mol. The molecule has 1 saturated carbocycles. The van der Waals surface area contributed by atoms with Crippen LogP contribution in [0, 0.1) is 0 Å². The molecule has 1 aromatic carbocycles. The van der Waals surface area contributed by atoms with Crippen molar-refractivity contribution in [1.29, 1.82) is 0 Å². The van der Waals surface area contributed by atoms with Crippen molar-refractivity contribution in [2.45, 2.75) is 25.4 Å². The molecule has 3 aromatic rings. The maximum Gasteiger partial charge on any atom is 0.270 e. The van der Waals surface area contributed by atoms with E-state index in [4.69, 9.17) is 9.47 Å². The first kappa shape index (κ1) is 18.0. The van der Waals surface area contributed by atoms with Crippen LogP contribution in [-0.4, -0.2) is 40.5 Å².